The van der Waals surface area contributed by atoms with Gasteiger partial charge in [-0.15, -0.1) is 0 Å². The smallest absolute Gasteiger partial charge is 0.432 e. The minimum atomic E-state index is -4.78. The van der Waals surface area contributed by atoms with Gasteiger partial charge in [0.15, 0.2) is 22.8 Å². The lowest BCUT2D eigenvalue weighted by Gasteiger charge is -2.42. The molecule has 3 atom stereocenters. The molecule has 2 bridgehead atoms. The summed E-state index contributed by atoms with van der Waals surface area (Å²) in [6, 6.07) is 7.91. The number of hydrogen-bond acceptors (Lipinski definition) is 6. The average Bonchev–Trinajstić information content (AvgIpc) is 3.40. The van der Waals surface area contributed by atoms with Crippen molar-refractivity contribution in [1.82, 2.24) is 14.8 Å². The first-order valence-corrected chi connectivity index (χ1v) is 14.3. The van der Waals surface area contributed by atoms with Gasteiger partial charge in [0.2, 0.25) is 5.43 Å². The molecule has 3 aliphatic heterocycles. The molecule has 4 heterocycles. The molecule has 3 aliphatic rings. The van der Waals surface area contributed by atoms with Crippen LogP contribution in [-0.2, 0) is 18.0 Å². The Morgan fingerprint density at radius 3 is 2.48 bits per heavy atom. The highest BCUT2D eigenvalue weighted by Crippen LogP contribution is 2.48. The van der Waals surface area contributed by atoms with E-state index in [1.165, 1.54) is 9.47 Å². The van der Waals surface area contributed by atoms with Crippen molar-refractivity contribution in [3.63, 3.8) is 0 Å². The molecule has 1 aromatic heterocycles. The van der Waals surface area contributed by atoms with E-state index in [2.05, 4.69) is 10.5 Å². The van der Waals surface area contributed by atoms with Crippen molar-refractivity contribution < 1.29 is 45.5 Å². The lowest BCUT2D eigenvalue weighted by Crippen LogP contribution is -2.52. The highest BCUT2D eigenvalue weighted by atomic mass is 19.4. The maximum Gasteiger partial charge on any atom is 0.432 e. The fourth-order valence-corrected chi connectivity index (χ4v) is 6.12. The molecule has 9 nitrogen and oxygen atoms in total. The third kappa shape index (κ3) is 5.47. The number of hydrogen-bond donors (Lipinski definition) is 1. The molecule has 2 amide bonds. The Kier molecular flexibility index (Phi) is 7.81. The number of nitrogens with one attached hydrogen (secondary N) is 1. The maximum atomic E-state index is 14.3. The molecule has 1 fully saturated rings. The van der Waals surface area contributed by atoms with Crippen LogP contribution in [0.25, 0.3) is 0 Å². The first-order chi connectivity index (χ1) is 21.8. The van der Waals surface area contributed by atoms with E-state index in [9.17, 15) is 40.7 Å². The number of pyridine rings is 1. The molecule has 242 valence electrons. The van der Waals surface area contributed by atoms with E-state index < -0.39 is 94.1 Å². The van der Waals surface area contributed by atoms with E-state index in [1.807, 2.05) is 0 Å². The number of carbonyl (C=O) groups is 2. The highest BCUT2D eigenvalue weighted by Gasteiger charge is 2.57. The van der Waals surface area contributed by atoms with E-state index in [0.29, 0.717) is 17.7 Å². The van der Waals surface area contributed by atoms with Gasteiger partial charge in [0.1, 0.15) is 29.6 Å². The van der Waals surface area contributed by atoms with Crippen LogP contribution in [0.4, 0.5) is 26.3 Å². The summed E-state index contributed by atoms with van der Waals surface area (Å²) in [4.78, 5) is 48.2. The zero-order valence-corrected chi connectivity index (χ0v) is 24.2. The summed E-state index contributed by atoms with van der Waals surface area (Å²) in [6.07, 6.45) is -4.09. The summed E-state index contributed by atoms with van der Waals surface area (Å²) < 4.78 is 90.3. The van der Waals surface area contributed by atoms with Crippen molar-refractivity contribution in [3.8, 4) is 5.75 Å². The number of halogens is 6. The number of aromatic nitrogens is 1. The van der Waals surface area contributed by atoms with Crippen molar-refractivity contribution in [3.05, 3.63) is 98.7 Å². The van der Waals surface area contributed by atoms with Crippen LogP contribution in [-0.4, -0.2) is 51.4 Å². The number of rotatable bonds is 6. The molecule has 46 heavy (non-hydrogen) atoms. The third-order valence-corrected chi connectivity index (χ3v) is 8.62. The number of oxime groups is 1. The van der Waals surface area contributed by atoms with Crippen LogP contribution in [0.2, 0.25) is 0 Å². The lowest BCUT2D eigenvalue weighted by molar-refractivity contribution is -0.0658. The molecule has 1 saturated heterocycles. The molecule has 15 heteroatoms. The second-order valence-electron chi connectivity index (χ2n) is 11.5. The average molecular weight is 649 g/mol. The van der Waals surface area contributed by atoms with Gasteiger partial charge in [0.25, 0.3) is 11.8 Å². The summed E-state index contributed by atoms with van der Waals surface area (Å²) >= 11 is 0. The Balaban J connectivity index is 1.46. The van der Waals surface area contributed by atoms with E-state index in [1.54, 1.807) is 37.3 Å². The standard InChI is InChI=1S/C31H26F6N4O5/c1-16-7-8-30(11-23(39-46-30)31(35,36)37)24-14-40(16)29(44)25-27(45-15-17-5-3-2-4-6-17)26(42)20(13-41(24)25)28(43)38-12-19-21(33)9-18(32)10-22(19)34/h2-6,9-10,13,16,24H,7-8,11-12,14-15H2,1H3,(H,38,43)/t16-,24+,30-/m0/s1. The Labute approximate surface area is 257 Å². The van der Waals surface area contributed by atoms with Crippen molar-refractivity contribution in [2.24, 2.45) is 5.16 Å². The second-order valence-corrected chi connectivity index (χ2v) is 11.5. The predicted octanol–water partition coefficient (Wildman–Crippen LogP) is 5.03. The molecule has 1 N–H and O–H groups in total. The topological polar surface area (TPSA) is 102 Å². The normalized spacial score (nSPS) is 22.2. The monoisotopic (exact) mass is 648 g/mol. The first-order valence-electron chi connectivity index (χ1n) is 14.3. The van der Waals surface area contributed by atoms with Gasteiger partial charge in [0, 0.05) is 49.4 Å². The van der Waals surface area contributed by atoms with Crippen molar-refractivity contribution in [2.75, 3.05) is 6.54 Å². The second kappa shape index (κ2) is 11.5. The summed E-state index contributed by atoms with van der Waals surface area (Å²) in [5, 5.41) is 5.58. The van der Waals surface area contributed by atoms with Crippen molar-refractivity contribution >= 4 is 17.5 Å². The zero-order chi connectivity index (χ0) is 33.0. The Bertz CT molecular complexity index is 1790. The molecule has 0 saturated carbocycles. The quantitative estimate of drug-likeness (QED) is 0.378. The molecule has 3 aromatic rings. The molecular weight excluding hydrogens is 622 g/mol. The van der Waals surface area contributed by atoms with Gasteiger partial charge >= 0.3 is 6.18 Å². The Hall–Kier alpha value is -4.82. The largest absolute Gasteiger partial charge is 0.483 e. The van der Waals surface area contributed by atoms with Crippen molar-refractivity contribution in [1.29, 1.82) is 0 Å². The van der Waals surface area contributed by atoms with Crippen LogP contribution < -0.4 is 15.5 Å². The lowest BCUT2D eigenvalue weighted by atomic mass is 9.84. The number of fused-ring (bicyclic) bond motifs is 5. The number of benzene rings is 2. The van der Waals surface area contributed by atoms with Crippen LogP contribution in [0.3, 0.4) is 0 Å². The number of nitrogens with zero attached hydrogens (tertiary/aromatic N) is 3. The maximum absolute atomic E-state index is 14.3. The van der Waals surface area contributed by atoms with E-state index >= 15 is 0 Å². The van der Waals surface area contributed by atoms with Gasteiger partial charge in [-0.1, -0.05) is 35.5 Å². The molecule has 2 aromatic carbocycles. The third-order valence-electron chi connectivity index (χ3n) is 8.62. The summed E-state index contributed by atoms with van der Waals surface area (Å²) in [5.74, 6) is -6.02. The minimum Gasteiger partial charge on any atom is -0.483 e. The minimum absolute atomic E-state index is 0.0577. The fourth-order valence-electron chi connectivity index (χ4n) is 6.12. The summed E-state index contributed by atoms with van der Waals surface area (Å²) in [5.41, 5.74) is -4.74. The molecule has 0 aliphatic carbocycles. The summed E-state index contributed by atoms with van der Waals surface area (Å²) in [6.45, 7) is 0.613. The van der Waals surface area contributed by atoms with Gasteiger partial charge in [-0.2, -0.15) is 13.2 Å². The van der Waals surface area contributed by atoms with E-state index in [-0.39, 0.29) is 31.7 Å². The Morgan fingerprint density at radius 2 is 1.83 bits per heavy atom. The van der Waals surface area contributed by atoms with Gasteiger partial charge in [-0.05, 0) is 25.3 Å². The number of ether oxygens (including phenoxy) is 1. The van der Waals surface area contributed by atoms with E-state index in [0.717, 1.165) is 6.20 Å². The summed E-state index contributed by atoms with van der Waals surface area (Å²) in [7, 11) is 0. The Morgan fingerprint density at radius 1 is 1.13 bits per heavy atom. The van der Waals surface area contributed by atoms with Gasteiger partial charge < -0.3 is 24.4 Å². The highest BCUT2D eigenvalue weighted by molar-refractivity contribution is 5.99. The van der Waals surface area contributed by atoms with Crippen LogP contribution >= 0.6 is 0 Å². The molecule has 6 rings (SSSR count). The number of amides is 2. The van der Waals surface area contributed by atoms with Gasteiger partial charge in [0.05, 0.1) is 6.04 Å². The van der Waals surface area contributed by atoms with Crippen LogP contribution in [0.1, 0.15) is 64.2 Å². The molecular formula is C31H26F6N4O5. The number of alkyl halides is 3. The van der Waals surface area contributed by atoms with Crippen molar-refractivity contribution in [2.45, 2.75) is 63.2 Å². The molecule has 1 spiro atoms. The van der Waals surface area contributed by atoms with Crippen LogP contribution in [0.5, 0.6) is 5.75 Å². The van der Waals surface area contributed by atoms with Crippen LogP contribution in [0.15, 0.2) is 58.6 Å². The SMILES string of the molecule is C[C@H]1CC[C@]2(CC(C(F)(F)F)=NO2)[C@H]2CN1C(=O)c1c(OCc3ccccc3)c(=O)c(C(=O)NCc3c(F)cc(F)cc3F)cn12. The molecule has 0 radical (unpaired) electrons. The first kappa shape index (κ1) is 31.2. The fraction of sp³-hybridized carbons (Fsp3) is 0.355. The van der Waals surface area contributed by atoms with Crippen LogP contribution in [0, 0.1) is 17.5 Å². The zero-order valence-electron chi connectivity index (χ0n) is 24.2. The molecule has 0 unspecified atom stereocenters. The number of carbonyl (C=O) groups excluding carboxylic acids is 2. The van der Waals surface area contributed by atoms with Gasteiger partial charge in [-0.3, -0.25) is 14.4 Å². The van der Waals surface area contributed by atoms with E-state index in [4.69, 9.17) is 9.57 Å². The predicted molar refractivity (Wildman–Crippen MR) is 150 cm³/mol. The van der Waals surface area contributed by atoms with Gasteiger partial charge in [-0.25, -0.2) is 13.2 Å².